The zero-order valence-corrected chi connectivity index (χ0v) is 16.1. The number of hydrogen-bond donors (Lipinski definition) is 1. The Balaban J connectivity index is 1.46. The van der Waals surface area contributed by atoms with Crippen LogP contribution in [0.5, 0.6) is 5.75 Å². The number of methoxy groups -OCH3 is 1. The Morgan fingerprint density at radius 1 is 1.28 bits per heavy atom. The molecule has 140 valence electrons. The van der Waals surface area contributed by atoms with Crippen molar-refractivity contribution in [2.75, 3.05) is 26.8 Å². The third-order valence-corrected chi connectivity index (χ3v) is 5.68. The van der Waals surface area contributed by atoms with Crippen molar-refractivity contribution in [2.24, 2.45) is 10.8 Å². The van der Waals surface area contributed by atoms with E-state index in [2.05, 4.69) is 25.7 Å². The number of aliphatic hydroxyl groups is 1. The molecule has 3 atom stereocenters. The van der Waals surface area contributed by atoms with Gasteiger partial charge >= 0.3 is 0 Å². The van der Waals surface area contributed by atoms with Crippen LogP contribution in [0.4, 0.5) is 0 Å². The van der Waals surface area contributed by atoms with Crippen LogP contribution in [-0.2, 0) is 11.3 Å². The first-order valence-electron chi connectivity index (χ1n) is 9.41. The van der Waals surface area contributed by atoms with Crippen LogP contribution in [0.3, 0.4) is 0 Å². The summed E-state index contributed by atoms with van der Waals surface area (Å²) in [6.07, 6.45) is 3.36. The number of aliphatic hydroxyl groups excluding tert-OH is 1. The largest absolute Gasteiger partial charge is 0.497 e. The van der Waals surface area contributed by atoms with E-state index in [0.29, 0.717) is 36.6 Å². The van der Waals surface area contributed by atoms with Gasteiger partial charge in [-0.3, -0.25) is 4.90 Å². The Morgan fingerprint density at radius 3 is 2.84 bits per heavy atom. The second kappa shape index (κ2) is 7.26. The first kappa shape index (κ1) is 18.7. The summed E-state index contributed by atoms with van der Waals surface area (Å²) < 4.78 is 11.0. The summed E-state index contributed by atoms with van der Waals surface area (Å²) in [6, 6.07) is 8.48. The van der Waals surface area contributed by atoms with Gasteiger partial charge in [0.05, 0.1) is 26.4 Å². The molecule has 1 N–H and O–H groups in total. The molecule has 2 aliphatic rings. The number of hydrogen-bond acceptors (Lipinski definition) is 4. The smallest absolute Gasteiger partial charge is 0.119 e. The first-order valence-corrected chi connectivity index (χ1v) is 9.41. The molecule has 0 unspecified atom stereocenters. The lowest BCUT2D eigenvalue weighted by molar-refractivity contribution is 0.00603. The van der Waals surface area contributed by atoms with E-state index in [1.54, 1.807) is 7.11 Å². The molecule has 1 aliphatic carbocycles. The highest BCUT2D eigenvalue weighted by molar-refractivity contribution is 5.27. The van der Waals surface area contributed by atoms with Crippen LogP contribution < -0.4 is 4.74 Å². The summed E-state index contributed by atoms with van der Waals surface area (Å²) in [4.78, 5) is 2.49. The summed E-state index contributed by atoms with van der Waals surface area (Å²) in [5.41, 5.74) is 1.89. The Bertz CT molecular complexity index is 588. The quantitative estimate of drug-likeness (QED) is 0.820. The topological polar surface area (TPSA) is 41.9 Å². The van der Waals surface area contributed by atoms with Crippen LogP contribution in [0.25, 0.3) is 0 Å². The fourth-order valence-corrected chi connectivity index (χ4v) is 5.19. The van der Waals surface area contributed by atoms with E-state index in [1.807, 2.05) is 24.3 Å². The molecule has 1 saturated carbocycles. The van der Waals surface area contributed by atoms with E-state index >= 15 is 0 Å². The van der Waals surface area contributed by atoms with E-state index in [-0.39, 0.29) is 0 Å². The molecule has 2 bridgehead atoms. The van der Waals surface area contributed by atoms with Gasteiger partial charge in [-0.2, -0.15) is 0 Å². The van der Waals surface area contributed by atoms with Gasteiger partial charge in [-0.05, 0) is 47.8 Å². The van der Waals surface area contributed by atoms with Crippen LogP contribution in [0.2, 0.25) is 0 Å². The molecule has 1 aromatic carbocycles. The Kier molecular flexibility index (Phi) is 5.42. The highest BCUT2D eigenvalue weighted by atomic mass is 16.5. The SMILES string of the molecule is COc1cccc(COC[C@H](O)CN2C[C@@]3(C)C[C@H]2CC(C)(C)C3)c1. The maximum atomic E-state index is 10.4. The summed E-state index contributed by atoms with van der Waals surface area (Å²) in [5, 5.41) is 10.4. The molecule has 1 aliphatic heterocycles. The molecule has 1 aromatic rings. The highest BCUT2D eigenvalue weighted by Crippen LogP contribution is 2.52. The molecule has 4 heteroatoms. The van der Waals surface area contributed by atoms with E-state index in [1.165, 1.54) is 19.3 Å². The molecule has 2 fully saturated rings. The monoisotopic (exact) mass is 347 g/mol. The highest BCUT2D eigenvalue weighted by Gasteiger charge is 2.49. The lowest BCUT2D eigenvalue weighted by Gasteiger charge is -2.40. The molecule has 0 spiro atoms. The third-order valence-electron chi connectivity index (χ3n) is 5.68. The molecule has 0 amide bonds. The van der Waals surface area contributed by atoms with Gasteiger partial charge in [-0.25, -0.2) is 0 Å². The van der Waals surface area contributed by atoms with E-state index in [9.17, 15) is 5.11 Å². The second-order valence-electron chi connectivity index (χ2n) is 9.16. The number of β-amino-alcohol motifs (C(OH)–C–C–N with tert-alkyl or cyclic N) is 1. The number of rotatable bonds is 7. The Hall–Kier alpha value is -1.10. The minimum absolute atomic E-state index is 0.376. The normalized spacial score (nSPS) is 29.6. The molecule has 1 saturated heterocycles. The second-order valence-corrected chi connectivity index (χ2v) is 9.16. The van der Waals surface area contributed by atoms with Crippen LogP contribution in [0, 0.1) is 10.8 Å². The van der Waals surface area contributed by atoms with Gasteiger partial charge in [0.1, 0.15) is 5.75 Å². The minimum atomic E-state index is -0.434. The van der Waals surface area contributed by atoms with Gasteiger partial charge in [0.2, 0.25) is 0 Å². The van der Waals surface area contributed by atoms with Gasteiger partial charge in [0.25, 0.3) is 0 Å². The van der Waals surface area contributed by atoms with Crippen molar-refractivity contribution in [1.82, 2.24) is 4.90 Å². The van der Waals surface area contributed by atoms with E-state index in [0.717, 1.165) is 17.9 Å². The maximum absolute atomic E-state index is 10.4. The maximum Gasteiger partial charge on any atom is 0.119 e. The predicted molar refractivity (Wildman–Crippen MR) is 99.8 cm³/mol. The number of fused-ring (bicyclic) bond motifs is 2. The summed E-state index contributed by atoms with van der Waals surface area (Å²) >= 11 is 0. The molecule has 4 nitrogen and oxygen atoms in total. The average molecular weight is 347 g/mol. The summed E-state index contributed by atoms with van der Waals surface area (Å²) in [6.45, 7) is 9.88. The summed E-state index contributed by atoms with van der Waals surface area (Å²) in [7, 11) is 1.66. The van der Waals surface area contributed by atoms with Crippen LogP contribution >= 0.6 is 0 Å². The van der Waals surface area contributed by atoms with Crippen molar-refractivity contribution in [3.8, 4) is 5.75 Å². The van der Waals surface area contributed by atoms with Crippen molar-refractivity contribution in [1.29, 1.82) is 0 Å². The minimum Gasteiger partial charge on any atom is -0.497 e. The molecule has 25 heavy (non-hydrogen) atoms. The first-order chi connectivity index (χ1) is 11.8. The third kappa shape index (κ3) is 4.75. The molecule has 3 rings (SSSR count). The molecule has 0 aromatic heterocycles. The van der Waals surface area contributed by atoms with Crippen molar-refractivity contribution in [3.05, 3.63) is 29.8 Å². The zero-order valence-electron chi connectivity index (χ0n) is 16.1. The van der Waals surface area contributed by atoms with Crippen LogP contribution in [-0.4, -0.2) is 49.0 Å². The number of likely N-dealkylation sites (tertiary alicyclic amines) is 1. The van der Waals surface area contributed by atoms with Gasteiger partial charge in [-0.1, -0.05) is 32.9 Å². The van der Waals surface area contributed by atoms with Crippen molar-refractivity contribution < 1.29 is 14.6 Å². The molecular formula is C21H33NO3. The van der Waals surface area contributed by atoms with Crippen molar-refractivity contribution >= 4 is 0 Å². The standard InChI is InChI=1S/C21H33NO3/c1-20(2)9-17-10-21(3,14-20)15-22(17)11-18(23)13-25-12-16-6-5-7-19(8-16)24-4/h5-8,17-18,23H,9-15H2,1-4H3/t17-,18-,21+/m1/s1. The van der Waals surface area contributed by atoms with Crippen LogP contribution in [0.1, 0.15) is 45.6 Å². The number of nitrogens with zero attached hydrogens (tertiary/aromatic N) is 1. The van der Waals surface area contributed by atoms with Crippen LogP contribution in [0.15, 0.2) is 24.3 Å². The van der Waals surface area contributed by atoms with Gasteiger partial charge < -0.3 is 14.6 Å². The molecule has 1 heterocycles. The van der Waals surface area contributed by atoms with Gasteiger partial charge in [-0.15, -0.1) is 0 Å². The fourth-order valence-electron chi connectivity index (χ4n) is 5.19. The number of ether oxygens (including phenoxy) is 2. The molecular weight excluding hydrogens is 314 g/mol. The van der Waals surface area contributed by atoms with E-state index < -0.39 is 6.10 Å². The van der Waals surface area contributed by atoms with Gasteiger partial charge in [0.15, 0.2) is 0 Å². The van der Waals surface area contributed by atoms with Crippen molar-refractivity contribution in [3.63, 3.8) is 0 Å². The molecule has 0 radical (unpaired) electrons. The lowest BCUT2D eigenvalue weighted by atomic mass is 9.65. The van der Waals surface area contributed by atoms with E-state index in [4.69, 9.17) is 9.47 Å². The Labute approximate surface area is 152 Å². The number of benzene rings is 1. The van der Waals surface area contributed by atoms with Crippen molar-refractivity contribution in [2.45, 2.75) is 58.8 Å². The zero-order chi connectivity index (χ0) is 18.1. The lowest BCUT2D eigenvalue weighted by Crippen LogP contribution is -2.39. The van der Waals surface area contributed by atoms with Gasteiger partial charge in [0, 0.05) is 19.1 Å². The average Bonchev–Trinajstić information content (AvgIpc) is 2.75. The summed E-state index contributed by atoms with van der Waals surface area (Å²) in [5.74, 6) is 0.835. The predicted octanol–water partition coefficient (Wildman–Crippen LogP) is 3.47. The Morgan fingerprint density at radius 2 is 2.08 bits per heavy atom. The fraction of sp³-hybridized carbons (Fsp3) is 0.714.